The lowest BCUT2D eigenvalue weighted by molar-refractivity contribution is -0.102. The molecule has 3 heteroatoms. The minimum atomic E-state index is 0.0556. The van der Waals surface area contributed by atoms with Gasteiger partial charge in [-0.3, -0.25) is 4.79 Å². The molecule has 0 unspecified atom stereocenters. The number of rotatable bonds is 2. The highest BCUT2D eigenvalue weighted by Crippen LogP contribution is 1.73. The third-order valence-electron chi connectivity index (χ3n) is 0.491. The first-order valence-corrected chi connectivity index (χ1v) is 1.95. The Kier molecular flexibility index (Phi) is 3.31. The first kappa shape index (κ1) is 6.75. The van der Waals surface area contributed by atoms with Crippen LogP contribution in [-0.4, -0.2) is 18.8 Å². The van der Waals surface area contributed by atoms with E-state index in [9.17, 15) is 4.79 Å². The summed E-state index contributed by atoms with van der Waals surface area (Å²) in [6.45, 7) is 6.35. The Labute approximate surface area is 47.5 Å². The lowest BCUT2D eigenvalue weighted by Crippen LogP contribution is -1.91. The number of amidine groups is 1. The van der Waals surface area contributed by atoms with Gasteiger partial charge in [0.05, 0.1) is 0 Å². The van der Waals surface area contributed by atoms with Crippen LogP contribution in [0.1, 0.15) is 0 Å². The molecule has 0 saturated heterocycles. The quantitative estimate of drug-likeness (QED) is 0.288. The van der Waals surface area contributed by atoms with Gasteiger partial charge in [-0.2, -0.15) is 0 Å². The molecule has 0 amide bonds. The average Bonchev–Trinajstić information content (AvgIpc) is 1.83. The van der Waals surface area contributed by atoms with Crippen molar-refractivity contribution in [2.75, 3.05) is 0 Å². The van der Waals surface area contributed by atoms with Gasteiger partial charge in [0.2, 0.25) is 0 Å². The molecule has 0 atom stereocenters. The molecule has 0 N–H and O–H groups in total. The van der Waals surface area contributed by atoms with Crippen molar-refractivity contribution >= 4 is 18.8 Å². The molecule has 0 saturated carbocycles. The number of hydrogen-bond donors (Lipinski definition) is 0. The molecule has 0 heterocycles. The van der Waals surface area contributed by atoms with Crippen molar-refractivity contribution in [3.63, 3.8) is 0 Å². The van der Waals surface area contributed by atoms with Crippen LogP contribution in [0.25, 0.3) is 0 Å². The summed E-state index contributed by atoms with van der Waals surface area (Å²) >= 11 is 0. The van der Waals surface area contributed by atoms with E-state index in [1.807, 2.05) is 0 Å². The molecule has 42 valence electrons. The summed E-state index contributed by atoms with van der Waals surface area (Å²) in [5, 5.41) is 0. The zero-order valence-corrected chi connectivity index (χ0v) is 4.37. The molecule has 0 aliphatic heterocycles. The summed E-state index contributed by atoms with van der Waals surface area (Å²) in [6.07, 6.45) is 1.74. The van der Waals surface area contributed by atoms with Crippen LogP contribution in [0.4, 0.5) is 0 Å². The highest BCUT2D eigenvalue weighted by molar-refractivity contribution is 6.28. The minimum absolute atomic E-state index is 0.0556. The van der Waals surface area contributed by atoms with E-state index in [1.54, 1.807) is 0 Å². The van der Waals surface area contributed by atoms with Gasteiger partial charge in [0, 0.05) is 6.20 Å². The van der Waals surface area contributed by atoms with Crippen LogP contribution in [0.2, 0.25) is 0 Å². The Balaban J connectivity index is 4.05. The first-order chi connectivity index (χ1) is 3.85. The topological polar surface area (TPSA) is 41.8 Å². The molecule has 3 nitrogen and oxygen atoms in total. The fraction of sp³-hybridized carbons (Fsp3) is 0. The fourth-order valence-electron chi connectivity index (χ4n) is 0.202. The van der Waals surface area contributed by atoms with Gasteiger partial charge in [-0.15, -0.1) is 0 Å². The molecular weight excluding hydrogens is 104 g/mol. The van der Waals surface area contributed by atoms with E-state index >= 15 is 0 Å². The summed E-state index contributed by atoms with van der Waals surface area (Å²) in [7, 11) is 0. The third kappa shape index (κ3) is 2.02. The van der Waals surface area contributed by atoms with Crippen molar-refractivity contribution in [2.45, 2.75) is 0 Å². The Morgan fingerprint density at radius 2 is 2.25 bits per heavy atom. The monoisotopic (exact) mass is 110 g/mol. The Morgan fingerprint density at radius 3 is 2.38 bits per heavy atom. The SMILES string of the molecule is C=CN=C(C=O)N=C. The third-order valence-corrected chi connectivity index (χ3v) is 0.491. The van der Waals surface area contributed by atoms with Gasteiger partial charge >= 0.3 is 0 Å². The molecule has 0 spiro atoms. The van der Waals surface area contributed by atoms with Crippen LogP contribution in [0.5, 0.6) is 0 Å². The van der Waals surface area contributed by atoms with Gasteiger partial charge in [0.15, 0.2) is 12.1 Å². The average molecular weight is 110 g/mol. The van der Waals surface area contributed by atoms with E-state index in [0.29, 0.717) is 6.29 Å². The van der Waals surface area contributed by atoms with Crippen LogP contribution in [0.3, 0.4) is 0 Å². The van der Waals surface area contributed by atoms with Gasteiger partial charge in [0.1, 0.15) is 0 Å². The second kappa shape index (κ2) is 3.92. The number of hydrogen-bond acceptors (Lipinski definition) is 2. The van der Waals surface area contributed by atoms with E-state index in [1.165, 1.54) is 6.20 Å². The normalized spacial score (nSPS) is 10.2. The fourth-order valence-corrected chi connectivity index (χ4v) is 0.202. The Bertz CT molecular complexity index is 127. The number of aliphatic imine (C=N–C) groups is 2. The summed E-state index contributed by atoms with van der Waals surface area (Å²) < 4.78 is 0. The molecular formula is C5H6N2O. The molecule has 8 heavy (non-hydrogen) atoms. The van der Waals surface area contributed by atoms with Crippen molar-refractivity contribution in [3.8, 4) is 0 Å². The van der Waals surface area contributed by atoms with Crippen molar-refractivity contribution in [1.29, 1.82) is 0 Å². The number of nitrogens with zero attached hydrogens (tertiary/aromatic N) is 2. The zero-order chi connectivity index (χ0) is 6.41. The smallest absolute Gasteiger partial charge is 0.191 e. The van der Waals surface area contributed by atoms with Crippen molar-refractivity contribution in [2.24, 2.45) is 9.98 Å². The van der Waals surface area contributed by atoms with E-state index in [-0.39, 0.29) is 5.84 Å². The number of carbonyl (C=O) groups is 1. The van der Waals surface area contributed by atoms with E-state index < -0.39 is 0 Å². The van der Waals surface area contributed by atoms with E-state index in [4.69, 9.17) is 0 Å². The second-order valence-electron chi connectivity index (χ2n) is 0.946. The second-order valence-corrected chi connectivity index (χ2v) is 0.946. The highest BCUT2D eigenvalue weighted by atomic mass is 16.1. The maximum atomic E-state index is 9.81. The molecule has 0 aromatic carbocycles. The molecule has 0 aromatic rings. The summed E-state index contributed by atoms with van der Waals surface area (Å²) in [4.78, 5) is 16.5. The van der Waals surface area contributed by atoms with Crippen molar-refractivity contribution in [1.82, 2.24) is 0 Å². The van der Waals surface area contributed by atoms with Crippen LogP contribution in [0.15, 0.2) is 22.8 Å². The van der Waals surface area contributed by atoms with Gasteiger partial charge in [-0.05, 0) is 6.72 Å². The lowest BCUT2D eigenvalue weighted by Gasteiger charge is -1.78. The molecule has 0 aliphatic rings. The lowest BCUT2D eigenvalue weighted by atomic mass is 10.7. The molecule has 0 fully saturated rings. The predicted molar refractivity (Wildman–Crippen MR) is 33.2 cm³/mol. The largest absolute Gasteiger partial charge is 0.294 e. The first-order valence-electron chi connectivity index (χ1n) is 1.95. The zero-order valence-electron chi connectivity index (χ0n) is 4.37. The standard InChI is InChI=1S/C5H6N2O/c1-3-7-5(4-8)6-2/h3-4H,1-2H2. The van der Waals surface area contributed by atoms with Gasteiger partial charge in [-0.1, -0.05) is 6.58 Å². The number of carbonyl (C=O) groups excluding carboxylic acids is 1. The van der Waals surface area contributed by atoms with E-state index in [2.05, 4.69) is 23.3 Å². The predicted octanol–water partition coefficient (Wildman–Crippen LogP) is 0.428. The van der Waals surface area contributed by atoms with Crippen LogP contribution in [0, 0.1) is 0 Å². The van der Waals surface area contributed by atoms with E-state index in [0.717, 1.165) is 0 Å². The van der Waals surface area contributed by atoms with Gasteiger partial charge < -0.3 is 0 Å². The van der Waals surface area contributed by atoms with Gasteiger partial charge in [0.25, 0.3) is 0 Å². The van der Waals surface area contributed by atoms with Crippen LogP contribution >= 0.6 is 0 Å². The summed E-state index contributed by atoms with van der Waals surface area (Å²) in [6, 6.07) is 0. The Morgan fingerprint density at radius 1 is 1.62 bits per heavy atom. The Hall–Kier alpha value is -1.25. The molecule has 0 aromatic heterocycles. The van der Waals surface area contributed by atoms with Crippen molar-refractivity contribution < 1.29 is 4.79 Å². The number of aldehydes is 1. The molecule has 0 rings (SSSR count). The molecule has 0 radical (unpaired) electrons. The maximum absolute atomic E-state index is 9.81. The van der Waals surface area contributed by atoms with Crippen LogP contribution in [-0.2, 0) is 4.79 Å². The highest BCUT2D eigenvalue weighted by Gasteiger charge is 1.82. The summed E-state index contributed by atoms with van der Waals surface area (Å²) in [5.41, 5.74) is 0. The molecule has 0 aliphatic carbocycles. The molecule has 0 bridgehead atoms. The van der Waals surface area contributed by atoms with Gasteiger partial charge in [-0.25, -0.2) is 9.98 Å². The summed E-state index contributed by atoms with van der Waals surface area (Å²) in [5.74, 6) is 0.0556. The van der Waals surface area contributed by atoms with Crippen LogP contribution < -0.4 is 0 Å². The minimum Gasteiger partial charge on any atom is -0.294 e. The maximum Gasteiger partial charge on any atom is 0.191 e. The van der Waals surface area contributed by atoms with Crippen molar-refractivity contribution in [3.05, 3.63) is 12.8 Å².